The molecular formula is C48H52GaO. The molecule has 253 valence electrons. The van der Waals surface area contributed by atoms with Crippen molar-refractivity contribution in [1.82, 2.24) is 0 Å². The molecule has 6 rings (SSSR count). The number of hydrogen-bond acceptors (Lipinski definition) is 0. The zero-order valence-corrected chi connectivity index (χ0v) is 34.6. The zero-order valence-electron chi connectivity index (χ0n) is 32.2. The van der Waals surface area contributed by atoms with Gasteiger partial charge in [-0.1, -0.05) is 0 Å². The first-order valence-electron chi connectivity index (χ1n) is 17.7. The van der Waals surface area contributed by atoms with Gasteiger partial charge in [0.05, 0.1) is 0 Å². The van der Waals surface area contributed by atoms with Crippen LogP contribution in [0.15, 0.2) is 84.9 Å². The van der Waals surface area contributed by atoms with Gasteiger partial charge in [-0.05, 0) is 0 Å². The average molecular weight is 715 g/mol. The van der Waals surface area contributed by atoms with Gasteiger partial charge in [-0.2, -0.15) is 0 Å². The summed E-state index contributed by atoms with van der Waals surface area (Å²) in [5, 5.41) is 0. The summed E-state index contributed by atoms with van der Waals surface area (Å²) in [6, 6.07) is 33.2. The standard InChI is InChI=1S/2C24H25.Ga.H2O/c2*1-15-10-17(3)23(18(4)11-15)21-8-7-9-22(14-21)24-19(5)12-16(2)13-20(24)6;;/h2*7-13H,1-6H3;;1H2. The molecule has 0 saturated heterocycles. The zero-order chi connectivity index (χ0) is 35.3. The molecule has 0 bridgehead atoms. The van der Waals surface area contributed by atoms with E-state index in [9.17, 15) is 0 Å². The van der Waals surface area contributed by atoms with Gasteiger partial charge in [0.1, 0.15) is 0 Å². The van der Waals surface area contributed by atoms with Crippen LogP contribution >= 0.6 is 0 Å². The Morgan fingerprint density at radius 2 is 0.480 bits per heavy atom. The van der Waals surface area contributed by atoms with Crippen molar-refractivity contribution in [2.45, 2.75) is 83.1 Å². The van der Waals surface area contributed by atoms with Crippen LogP contribution in [0, 0.1) is 83.1 Å². The first-order valence-corrected chi connectivity index (χ1v) is 20.1. The fraction of sp³-hybridized carbons (Fsp3) is 0.250. The van der Waals surface area contributed by atoms with E-state index in [1.807, 2.05) is 0 Å². The van der Waals surface area contributed by atoms with Crippen LogP contribution in [0.2, 0.25) is 0 Å². The summed E-state index contributed by atoms with van der Waals surface area (Å²) < 4.78 is 3.10. The molecule has 0 amide bonds. The van der Waals surface area contributed by atoms with Crippen LogP contribution in [0.4, 0.5) is 0 Å². The van der Waals surface area contributed by atoms with Gasteiger partial charge in [-0.3, -0.25) is 0 Å². The topological polar surface area (TPSA) is 31.5 Å². The summed E-state index contributed by atoms with van der Waals surface area (Å²) >= 11 is -1.33. The van der Waals surface area contributed by atoms with Gasteiger partial charge in [0.2, 0.25) is 0 Å². The largest absolute Gasteiger partial charge is 0.412 e. The van der Waals surface area contributed by atoms with Crippen LogP contribution in [0.25, 0.3) is 44.5 Å². The van der Waals surface area contributed by atoms with Gasteiger partial charge in [-0.15, -0.1) is 0 Å². The fourth-order valence-electron chi connectivity index (χ4n) is 8.88. The maximum Gasteiger partial charge on any atom is -0.412 e. The minimum Gasteiger partial charge on any atom is -0.412 e. The fourth-order valence-corrected chi connectivity index (χ4v) is 12.8. The summed E-state index contributed by atoms with van der Waals surface area (Å²) in [4.78, 5) is 0. The molecule has 1 nitrogen and oxygen atoms in total. The first kappa shape index (κ1) is 37.2. The van der Waals surface area contributed by atoms with E-state index in [1.165, 1.54) is 111 Å². The Morgan fingerprint density at radius 1 is 0.300 bits per heavy atom. The third-order valence-electron chi connectivity index (χ3n) is 10.3. The molecule has 0 spiro atoms. The average Bonchev–Trinajstić information content (AvgIpc) is 2.97. The Labute approximate surface area is 308 Å². The second-order valence-corrected chi connectivity index (χ2v) is 17.8. The van der Waals surface area contributed by atoms with Crippen molar-refractivity contribution >= 4 is 25.6 Å². The number of benzene rings is 6. The molecule has 0 heterocycles. The summed E-state index contributed by atoms with van der Waals surface area (Å²) in [6.07, 6.45) is 0. The Morgan fingerprint density at radius 3 is 0.660 bits per heavy atom. The molecule has 1 radical (unpaired) electrons. The van der Waals surface area contributed by atoms with E-state index in [2.05, 4.69) is 168 Å². The molecule has 0 atom stereocenters. The minimum atomic E-state index is -1.33. The second kappa shape index (κ2) is 14.6. The Hall–Kier alpha value is -4.08. The van der Waals surface area contributed by atoms with Crippen molar-refractivity contribution in [3.63, 3.8) is 0 Å². The molecule has 0 aromatic heterocycles. The van der Waals surface area contributed by atoms with Gasteiger partial charge in [0.25, 0.3) is 0 Å². The molecule has 0 fully saturated rings. The third-order valence-corrected chi connectivity index (χ3v) is 14.1. The number of rotatable bonds is 6. The van der Waals surface area contributed by atoms with Crippen molar-refractivity contribution in [2.75, 3.05) is 0 Å². The smallest absolute Gasteiger partial charge is 0.412 e. The summed E-state index contributed by atoms with van der Waals surface area (Å²) in [5.41, 5.74) is 27.3. The predicted octanol–water partition coefficient (Wildman–Crippen LogP) is 10.9. The van der Waals surface area contributed by atoms with E-state index in [1.54, 1.807) is 8.24 Å². The molecule has 0 aliphatic carbocycles. The maximum atomic E-state index is 2.41. The van der Waals surface area contributed by atoms with Crippen molar-refractivity contribution in [2.24, 2.45) is 0 Å². The molecule has 0 aliphatic heterocycles. The van der Waals surface area contributed by atoms with Crippen LogP contribution in [0.1, 0.15) is 66.8 Å². The first-order chi connectivity index (χ1) is 23.2. The molecule has 50 heavy (non-hydrogen) atoms. The summed E-state index contributed by atoms with van der Waals surface area (Å²) in [7, 11) is 0. The van der Waals surface area contributed by atoms with Crippen molar-refractivity contribution < 1.29 is 5.48 Å². The van der Waals surface area contributed by atoms with Gasteiger partial charge in [0, 0.05) is 0 Å². The monoisotopic (exact) mass is 713 g/mol. The number of hydrogen-bond donors (Lipinski definition) is 0. The van der Waals surface area contributed by atoms with Crippen molar-refractivity contribution in [3.8, 4) is 44.5 Å². The molecule has 0 saturated carbocycles. The molecule has 0 unspecified atom stereocenters. The Balaban J connectivity index is 0.00000486. The summed E-state index contributed by atoms with van der Waals surface area (Å²) in [6.45, 7) is 27.3. The molecule has 2 heteroatoms. The van der Waals surface area contributed by atoms with Crippen LogP contribution in [0.3, 0.4) is 0 Å². The second-order valence-electron chi connectivity index (χ2n) is 14.8. The van der Waals surface area contributed by atoms with Crippen LogP contribution < -0.4 is 8.24 Å². The van der Waals surface area contributed by atoms with E-state index in [4.69, 9.17) is 0 Å². The van der Waals surface area contributed by atoms with Crippen molar-refractivity contribution in [3.05, 3.63) is 152 Å². The van der Waals surface area contributed by atoms with Gasteiger partial charge < -0.3 is 5.48 Å². The van der Waals surface area contributed by atoms with Gasteiger partial charge in [0.15, 0.2) is 0 Å². The van der Waals surface area contributed by atoms with E-state index in [-0.39, 0.29) is 5.48 Å². The van der Waals surface area contributed by atoms with E-state index in [0.717, 1.165) is 0 Å². The van der Waals surface area contributed by atoms with Crippen LogP contribution in [0.5, 0.6) is 0 Å². The number of aryl methyl sites for hydroxylation is 12. The molecular weight excluding hydrogens is 662 g/mol. The quantitative estimate of drug-likeness (QED) is 0.154. The molecule has 0 aliphatic rings. The molecule has 6 aromatic rings. The predicted molar refractivity (Wildman–Crippen MR) is 220 cm³/mol. The van der Waals surface area contributed by atoms with E-state index >= 15 is 0 Å². The molecule has 6 aromatic carbocycles. The van der Waals surface area contributed by atoms with E-state index < -0.39 is 17.4 Å². The van der Waals surface area contributed by atoms with Crippen LogP contribution in [-0.2, 0) is 0 Å². The molecule has 2 N–H and O–H groups in total. The van der Waals surface area contributed by atoms with E-state index in [0.29, 0.717) is 0 Å². The Kier molecular flexibility index (Phi) is 10.9. The SMILES string of the molecule is Cc1cc(C)c(-c2cccc(-c3c(C)cc(C)cc3C)[c]2[Ga][c]2c(-c3c(C)cc(C)cc3C)cccc2-c2c(C)cc(C)cc2C)c(C)c1.O. The van der Waals surface area contributed by atoms with Gasteiger partial charge in [-0.25, -0.2) is 0 Å². The van der Waals surface area contributed by atoms with Gasteiger partial charge >= 0.3 is 305 Å². The maximum absolute atomic E-state index is 2.41. The Bertz CT molecular complexity index is 1860. The normalized spacial score (nSPS) is 11.0. The minimum absolute atomic E-state index is 0. The summed E-state index contributed by atoms with van der Waals surface area (Å²) in [5.74, 6) is 0. The third kappa shape index (κ3) is 6.95. The van der Waals surface area contributed by atoms with Crippen molar-refractivity contribution in [1.29, 1.82) is 0 Å². The van der Waals surface area contributed by atoms with Crippen LogP contribution in [-0.4, -0.2) is 22.9 Å².